The summed E-state index contributed by atoms with van der Waals surface area (Å²) in [4.78, 5) is 33.2. The van der Waals surface area contributed by atoms with Gasteiger partial charge in [-0.15, -0.1) is 0 Å². The van der Waals surface area contributed by atoms with E-state index in [2.05, 4.69) is 31.2 Å². The van der Waals surface area contributed by atoms with Crippen LogP contribution < -0.4 is 21.3 Å². The third-order valence-electron chi connectivity index (χ3n) is 5.89. The monoisotopic (exact) mass is 462 g/mol. The van der Waals surface area contributed by atoms with Gasteiger partial charge in [0.2, 0.25) is 11.8 Å². The van der Waals surface area contributed by atoms with Gasteiger partial charge in [-0.05, 0) is 48.6 Å². The number of nitrogens with one attached hydrogen (secondary N) is 5. The van der Waals surface area contributed by atoms with E-state index in [0.717, 1.165) is 16.8 Å². The Morgan fingerprint density at radius 3 is 2.76 bits per heavy atom. The first kappa shape index (κ1) is 23.2. The number of para-hydroxylation sites is 1. The fourth-order valence-electron chi connectivity index (χ4n) is 3.99. The van der Waals surface area contributed by atoms with Crippen molar-refractivity contribution < 1.29 is 14.7 Å². The molecule has 0 aliphatic carbocycles. The van der Waals surface area contributed by atoms with E-state index in [1.54, 1.807) is 36.7 Å². The normalized spacial score (nSPS) is 15.5. The van der Waals surface area contributed by atoms with Gasteiger partial charge in [-0.2, -0.15) is 0 Å². The molecule has 3 aromatic rings. The van der Waals surface area contributed by atoms with Crippen LogP contribution in [0.25, 0.3) is 0 Å². The van der Waals surface area contributed by atoms with Crippen molar-refractivity contribution in [2.45, 2.75) is 31.8 Å². The minimum absolute atomic E-state index is 0.134. The van der Waals surface area contributed by atoms with Crippen LogP contribution in [0, 0.1) is 5.92 Å². The molecule has 2 aromatic carbocycles. The second-order valence-electron chi connectivity index (χ2n) is 8.39. The van der Waals surface area contributed by atoms with Gasteiger partial charge < -0.3 is 31.4 Å². The van der Waals surface area contributed by atoms with E-state index >= 15 is 0 Å². The second-order valence-corrected chi connectivity index (χ2v) is 8.39. The summed E-state index contributed by atoms with van der Waals surface area (Å²) < 4.78 is 0. The first-order chi connectivity index (χ1) is 16.6. The maximum absolute atomic E-state index is 13.1. The maximum Gasteiger partial charge on any atom is 0.242 e. The van der Waals surface area contributed by atoms with Crippen molar-refractivity contribution in [1.82, 2.24) is 20.6 Å². The Morgan fingerprint density at radius 2 is 1.97 bits per heavy atom. The van der Waals surface area contributed by atoms with Gasteiger partial charge in [-0.25, -0.2) is 4.98 Å². The lowest BCUT2D eigenvalue weighted by atomic mass is 9.93. The number of fused-ring (bicyclic) bond motifs is 1. The summed E-state index contributed by atoms with van der Waals surface area (Å²) in [5.41, 5.74) is 3.02. The number of H-pyrrole nitrogens is 1. The molecule has 2 atom stereocenters. The van der Waals surface area contributed by atoms with Crippen molar-refractivity contribution in [2.75, 3.05) is 23.7 Å². The van der Waals surface area contributed by atoms with Gasteiger partial charge >= 0.3 is 0 Å². The highest BCUT2D eigenvalue weighted by molar-refractivity contribution is 5.89. The SMILES string of the molecule is O=C(NC(CCCNc1ncc[nH]1)C(=O)NCc1ccc(O)cc1)C1CNc2ccccc2C1. The number of phenolic OH excluding ortho intramolecular Hbond substituents is 1. The molecule has 1 aromatic heterocycles. The Balaban J connectivity index is 1.34. The summed E-state index contributed by atoms with van der Waals surface area (Å²) in [6, 6.07) is 14.0. The minimum Gasteiger partial charge on any atom is -0.508 e. The molecular formula is C25H30N6O3. The summed E-state index contributed by atoms with van der Waals surface area (Å²) in [6.07, 6.45) is 5.19. The van der Waals surface area contributed by atoms with Crippen LogP contribution in [0.2, 0.25) is 0 Å². The van der Waals surface area contributed by atoms with Crippen molar-refractivity contribution in [3.8, 4) is 5.75 Å². The van der Waals surface area contributed by atoms with Crippen LogP contribution in [0.3, 0.4) is 0 Å². The second kappa shape index (κ2) is 11.2. The average Bonchev–Trinajstić information content (AvgIpc) is 3.38. The molecule has 0 fully saturated rings. The molecule has 6 N–H and O–H groups in total. The Bertz CT molecular complexity index is 1080. The fraction of sp³-hybridized carbons (Fsp3) is 0.320. The Labute approximate surface area is 198 Å². The largest absolute Gasteiger partial charge is 0.508 e. The number of anilines is 2. The van der Waals surface area contributed by atoms with Gasteiger partial charge in [0.15, 0.2) is 5.95 Å². The van der Waals surface area contributed by atoms with Gasteiger partial charge in [-0.1, -0.05) is 30.3 Å². The Hall–Kier alpha value is -4.01. The number of hydrogen-bond acceptors (Lipinski definition) is 6. The smallest absolute Gasteiger partial charge is 0.242 e. The third-order valence-corrected chi connectivity index (χ3v) is 5.89. The molecule has 4 rings (SSSR count). The number of phenols is 1. The number of carbonyl (C=O) groups is 2. The molecule has 0 radical (unpaired) electrons. The van der Waals surface area contributed by atoms with Crippen LogP contribution in [0.5, 0.6) is 5.75 Å². The Morgan fingerprint density at radius 1 is 1.15 bits per heavy atom. The molecule has 9 nitrogen and oxygen atoms in total. The lowest BCUT2D eigenvalue weighted by Crippen LogP contribution is -2.50. The molecule has 0 saturated heterocycles. The van der Waals surface area contributed by atoms with E-state index in [-0.39, 0.29) is 23.5 Å². The van der Waals surface area contributed by atoms with Crippen molar-refractivity contribution in [2.24, 2.45) is 5.92 Å². The number of aromatic nitrogens is 2. The van der Waals surface area contributed by atoms with Crippen LogP contribution >= 0.6 is 0 Å². The predicted molar refractivity (Wildman–Crippen MR) is 130 cm³/mol. The van der Waals surface area contributed by atoms with E-state index in [9.17, 15) is 14.7 Å². The number of benzene rings is 2. The van der Waals surface area contributed by atoms with Gasteiger partial charge in [0.1, 0.15) is 11.8 Å². The highest BCUT2D eigenvalue weighted by atomic mass is 16.3. The van der Waals surface area contributed by atoms with Crippen LogP contribution in [-0.2, 0) is 22.6 Å². The van der Waals surface area contributed by atoms with Crippen LogP contribution in [0.4, 0.5) is 11.6 Å². The number of nitrogens with zero attached hydrogens (tertiary/aromatic N) is 1. The summed E-state index contributed by atoms with van der Waals surface area (Å²) in [5, 5.41) is 21.8. The molecular weight excluding hydrogens is 432 g/mol. The molecule has 2 unspecified atom stereocenters. The zero-order valence-electron chi connectivity index (χ0n) is 18.9. The lowest BCUT2D eigenvalue weighted by Gasteiger charge is -2.27. The number of aromatic hydroxyl groups is 1. The number of aromatic amines is 1. The molecule has 0 saturated carbocycles. The van der Waals surface area contributed by atoms with Crippen LogP contribution in [0.15, 0.2) is 60.9 Å². The average molecular weight is 463 g/mol. The van der Waals surface area contributed by atoms with E-state index in [0.29, 0.717) is 44.8 Å². The van der Waals surface area contributed by atoms with E-state index < -0.39 is 6.04 Å². The van der Waals surface area contributed by atoms with Crippen LogP contribution in [0.1, 0.15) is 24.0 Å². The van der Waals surface area contributed by atoms with E-state index in [1.807, 2.05) is 24.3 Å². The number of amides is 2. The van der Waals surface area contributed by atoms with Gasteiger partial charge in [0.05, 0.1) is 5.92 Å². The van der Waals surface area contributed by atoms with Crippen molar-refractivity contribution in [1.29, 1.82) is 0 Å². The first-order valence-corrected chi connectivity index (χ1v) is 11.5. The highest BCUT2D eigenvalue weighted by Crippen LogP contribution is 2.24. The predicted octanol–water partition coefficient (Wildman–Crippen LogP) is 2.39. The van der Waals surface area contributed by atoms with Gasteiger partial charge in [-0.3, -0.25) is 9.59 Å². The summed E-state index contributed by atoms with van der Waals surface area (Å²) in [6.45, 7) is 1.46. The van der Waals surface area contributed by atoms with Gasteiger partial charge in [0, 0.05) is 37.7 Å². The molecule has 0 spiro atoms. The van der Waals surface area contributed by atoms with Crippen molar-refractivity contribution in [3.63, 3.8) is 0 Å². The third kappa shape index (κ3) is 6.28. The zero-order chi connectivity index (χ0) is 23.8. The molecule has 9 heteroatoms. The van der Waals surface area contributed by atoms with Crippen molar-refractivity contribution in [3.05, 3.63) is 72.1 Å². The van der Waals surface area contributed by atoms with Crippen LogP contribution in [-0.4, -0.2) is 46.0 Å². The highest BCUT2D eigenvalue weighted by Gasteiger charge is 2.28. The fourth-order valence-corrected chi connectivity index (χ4v) is 3.99. The molecule has 2 heterocycles. The van der Waals surface area contributed by atoms with Crippen molar-refractivity contribution >= 4 is 23.5 Å². The standard InChI is InChI=1S/C25H30N6O3/c32-20-9-7-17(8-10-20)15-30-24(34)22(6-3-11-26-25-27-12-13-28-25)31-23(33)19-14-18-4-1-2-5-21(18)29-16-19/h1-2,4-5,7-10,12-13,19,22,29,32H,3,6,11,14-16H2,(H,30,34)(H,31,33)(H2,26,27,28). The number of carbonyl (C=O) groups excluding carboxylic acids is 2. The number of hydrogen-bond donors (Lipinski definition) is 6. The molecule has 34 heavy (non-hydrogen) atoms. The first-order valence-electron chi connectivity index (χ1n) is 11.5. The summed E-state index contributed by atoms with van der Waals surface area (Å²) >= 11 is 0. The number of rotatable bonds is 10. The molecule has 178 valence electrons. The molecule has 2 amide bonds. The van der Waals surface area contributed by atoms with Gasteiger partial charge in [0.25, 0.3) is 0 Å². The molecule has 0 bridgehead atoms. The zero-order valence-corrected chi connectivity index (χ0v) is 18.9. The quantitative estimate of drug-likeness (QED) is 0.257. The lowest BCUT2D eigenvalue weighted by molar-refractivity contribution is -0.131. The maximum atomic E-state index is 13.1. The number of imidazole rings is 1. The van der Waals surface area contributed by atoms with E-state index in [1.165, 1.54) is 0 Å². The molecule has 1 aliphatic heterocycles. The minimum atomic E-state index is -0.653. The summed E-state index contributed by atoms with van der Waals surface area (Å²) in [5.74, 6) is 0.231. The molecule has 1 aliphatic rings. The van der Waals surface area contributed by atoms with E-state index in [4.69, 9.17) is 0 Å². The summed E-state index contributed by atoms with van der Waals surface area (Å²) in [7, 11) is 0. The Kier molecular flexibility index (Phi) is 7.64. The topological polar surface area (TPSA) is 131 Å².